The van der Waals surface area contributed by atoms with E-state index in [2.05, 4.69) is 57.5 Å². The predicted molar refractivity (Wildman–Crippen MR) is 86.9 cm³/mol. The maximum absolute atomic E-state index is 4.82. The fourth-order valence-electron chi connectivity index (χ4n) is 2.20. The molecule has 1 saturated carbocycles. The van der Waals surface area contributed by atoms with Crippen molar-refractivity contribution in [2.75, 3.05) is 0 Å². The van der Waals surface area contributed by atoms with Crippen LogP contribution in [0.1, 0.15) is 53.0 Å². The molecule has 1 aromatic carbocycles. The fraction of sp³-hybridized carbons (Fsp3) is 0.444. The molecule has 1 aliphatic carbocycles. The van der Waals surface area contributed by atoms with Gasteiger partial charge in [-0.15, -0.1) is 6.42 Å². The van der Waals surface area contributed by atoms with Gasteiger partial charge in [0.25, 0.3) is 0 Å². The Morgan fingerprint density at radius 2 is 1.90 bits per heavy atom. The van der Waals surface area contributed by atoms with Crippen LogP contribution in [0.5, 0.6) is 0 Å². The second-order valence-electron chi connectivity index (χ2n) is 4.79. The molecule has 1 radical (unpaired) electrons. The summed E-state index contributed by atoms with van der Waals surface area (Å²) in [6.45, 7) is 10.5. The van der Waals surface area contributed by atoms with Crippen LogP contribution in [-0.2, 0) is 0 Å². The van der Waals surface area contributed by atoms with Crippen LogP contribution >= 0.6 is 0 Å². The van der Waals surface area contributed by atoms with Gasteiger partial charge in [-0.3, -0.25) is 4.99 Å². The van der Waals surface area contributed by atoms with Gasteiger partial charge in [-0.2, -0.15) is 5.92 Å². The van der Waals surface area contributed by atoms with Crippen molar-refractivity contribution >= 4 is 17.0 Å². The van der Waals surface area contributed by atoms with Gasteiger partial charge in [0.15, 0.2) is 0 Å². The zero-order chi connectivity index (χ0) is 14.3. The molecular weight excluding hydrogens is 544 g/mol. The summed E-state index contributed by atoms with van der Waals surface area (Å²) < 4.78 is 0. The molecular formula is C18H26NPrYb-. The van der Waals surface area contributed by atoms with Crippen molar-refractivity contribution in [3.63, 3.8) is 0 Å². The number of benzene rings is 1. The maximum Gasteiger partial charge on any atom is 0.0702 e. The van der Waals surface area contributed by atoms with E-state index in [1.165, 1.54) is 16.8 Å². The second kappa shape index (κ2) is 13.9. The van der Waals surface area contributed by atoms with Crippen molar-refractivity contribution in [2.45, 2.75) is 47.5 Å². The first kappa shape index (κ1) is 24.8. The van der Waals surface area contributed by atoms with Gasteiger partial charge in [-0.1, -0.05) is 45.0 Å². The average molecular weight is 570 g/mol. The van der Waals surface area contributed by atoms with E-state index in [0.717, 1.165) is 18.5 Å². The van der Waals surface area contributed by atoms with E-state index in [4.69, 9.17) is 4.99 Å². The van der Waals surface area contributed by atoms with Crippen molar-refractivity contribution in [3.05, 3.63) is 42.3 Å². The summed E-state index contributed by atoms with van der Waals surface area (Å²) in [5.74, 6) is 0.684. The van der Waals surface area contributed by atoms with Crippen molar-refractivity contribution in [1.29, 1.82) is 0 Å². The van der Waals surface area contributed by atoms with Crippen molar-refractivity contribution < 1.29 is 88.2 Å². The molecule has 121 valence electrons. The van der Waals surface area contributed by atoms with E-state index in [1.54, 1.807) is 0 Å². The standard InChI is InChI=1S/C16H20N.C2H6.Pr.Yb/c1-4-13(3)15-7-5-6-8-16(15)17-14-10-9-12(2)11-14;1-2;;/h4-9,12H,10-11H2,1-3H3;1-2H3;;/q-1;;;. The number of aliphatic imine (C=N–C) groups is 1. The van der Waals surface area contributed by atoms with Crippen LogP contribution in [0.25, 0.3) is 5.57 Å². The van der Waals surface area contributed by atoms with Crippen LogP contribution in [0, 0.1) is 101 Å². The molecule has 0 N–H and O–H groups in total. The Kier molecular flexibility index (Phi) is 16.4. The Morgan fingerprint density at radius 3 is 2.43 bits per heavy atom. The molecule has 21 heavy (non-hydrogen) atoms. The first-order valence-corrected chi connectivity index (χ1v) is 7.32. The molecule has 1 nitrogen and oxygen atoms in total. The fourth-order valence-corrected chi connectivity index (χ4v) is 2.20. The summed E-state index contributed by atoms with van der Waals surface area (Å²) in [5.41, 5.74) is 4.97. The number of hydrogen-bond acceptors (Lipinski definition) is 1. The number of nitrogens with zero attached hydrogens (tertiary/aromatic N) is 1. The van der Waals surface area contributed by atoms with E-state index in [9.17, 15) is 0 Å². The molecule has 0 heterocycles. The third-order valence-corrected chi connectivity index (χ3v) is 3.35. The summed E-state index contributed by atoms with van der Waals surface area (Å²) in [6, 6.07) is 8.40. The van der Waals surface area contributed by atoms with Gasteiger partial charge in [-0.05, 0) is 37.6 Å². The second-order valence-corrected chi connectivity index (χ2v) is 4.79. The molecule has 0 spiro atoms. The van der Waals surface area contributed by atoms with Crippen LogP contribution in [0.3, 0.4) is 0 Å². The SMILES string of the molecule is CC.CC=C(C)c1ccccc1N=C1C[CH-]C(C)C1.[Pr].[Yb]. The van der Waals surface area contributed by atoms with Crippen LogP contribution in [0.4, 0.5) is 5.69 Å². The van der Waals surface area contributed by atoms with Gasteiger partial charge in [0.2, 0.25) is 0 Å². The summed E-state index contributed by atoms with van der Waals surface area (Å²) in [5, 5.41) is 0. The summed E-state index contributed by atoms with van der Waals surface area (Å²) >= 11 is 0. The molecule has 1 aromatic rings. The third kappa shape index (κ3) is 8.25. The third-order valence-electron chi connectivity index (χ3n) is 3.35. The zero-order valence-corrected chi connectivity index (χ0v) is 19.2. The predicted octanol–water partition coefficient (Wildman–Crippen LogP) is 5.84. The van der Waals surface area contributed by atoms with Crippen LogP contribution in [0.15, 0.2) is 35.3 Å². The molecule has 0 aromatic heterocycles. The van der Waals surface area contributed by atoms with Crippen molar-refractivity contribution in [1.82, 2.24) is 0 Å². The first-order valence-electron chi connectivity index (χ1n) is 7.32. The number of allylic oxidation sites excluding steroid dienone is 2. The Hall–Kier alpha value is 1.51. The molecule has 0 saturated heterocycles. The van der Waals surface area contributed by atoms with Gasteiger partial charge in [0.05, 0.1) is 5.69 Å². The molecule has 1 atom stereocenters. The molecule has 0 bridgehead atoms. The van der Waals surface area contributed by atoms with Gasteiger partial charge in [0, 0.05) is 93.8 Å². The quantitative estimate of drug-likeness (QED) is 0.397. The molecule has 1 aliphatic rings. The van der Waals surface area contributed by atoms with E-state index >= 15 is 0 Å². The van der Waals surface area contributed by atoms with Crippen LogP contribution in [0.2, 0.25) is 0 Å². The molecule has 2 rings (SSSR count). The Balaban J connectivity index is 0. The van der Waals surface area contributed by atoms with Gasteiger partial charge >= 0.3 is 0 Å². The molecule has 3 heteroatoms. The Morgan fingerprint density at radius 1 is 1.29 bits per heavy atom. The topological polar surface area (TPSA) is 12.4 Å². The van der Waals surface area contributed by atoms with E-state index < -0.39 is 0 Å². The summed E-state index contributed by atoms with van der Waals surface area (Å²) in [4.78, 5) is 4.82. The number of rotatable bonds is 2. The number of para-hydroxylation sites is 1. The smallest absolute Gasteiger partial charge is 0.0702 e. The average Bonchev–Trinajstić information content (AvgIpc) is 2.86. The van der Waals surface area contributed by atoms with Gasteiger partial charge < -0.3 is 6.42 Å². The molecule has 1 fully saturated rings. The van der Waals surface area contributed by atoms with Crippen molar-refractivity contribution in [3.8, 4) is 0 Å². The number of hydrogen-bond donors (Lipinski definition) is 0. The first-order chi connectivity index (χ1) is 9.20. The van der Waals surface area contributed by atoms with E-state index in [0.29, 0.717) is 5.92 Å². The van der Waals surface area contributed by atoms with Crippen LogP contribution < -0.4 is 0 Å². The minimum absolute atomic E-state index is 0. The van der Waals surface area contributed by atoms with Gasteiger partial charge in [-0.25, -0.2) is 0 Å². The summed E-state index contributed by atoms with van der Waals surface area (Å²) in [6.07, 6.45) is 6.65. The van der Waals surface area contributed by atoms with Gasteiger partial charge in [0.1, 0.15) is 0 Å². The molecule has 0 aliphatic heterocycles. The normalized spacial score (nSPS) is 19.2. The minimum atomic E-state index is 0. The minimum Gasteiger partial charge on any atom is -0.320 e. The van der Waals surface area contributed by atoms with E-state index in [1.807, 2.05) is 13.8 Å². The van der Waals surface area contributed by atoms with E-state index in [-0.39, 0.29) is 88.2 Å². The zero-order valence-electron chi connectivity index (χ0n) is 13.7. The molecule has 0 amide bonds. The van der Waals surface area contributed by atoms with Crippen molar-refractivity contribution in [2.24, 2.45) is 10.9 Å². The summed E-state index contributed by atoms with van der Waals surface area (Å²) in [7, 11) is 0. The Bertz CT molecular complexity index is 466. The monoisotopic (exact) mass is 571 g/mol. The Labute approximate surface area is 202 Å². The largest absolute Gasteiger partial charge is 0.320 e. The van der Waals surface area contributed by atoms with Crippen LogP contribution in [-0.4, -0.2) is 5.71 Å². The maximum atomic E-state index is 4.82. The molecule has 1 unspecified atom stereocenters.